The molecule has 0 aliphatic carbocycles. The van der Waals surface area contributed by atoms with Crippen molar-refractivity contribution in [1.82, 2.24) is 10.5 Å². The molecule has 1 N–H and O–H groups in total. The molecule has 0 unspecified atom stereocenters. The van der Waals surface area contributed by atoms with Crippen LogP contribution in [0.15, 0.2) is 27.7 Å². The maximum absolute atomic E-state index is 11.6. The van der Waals surface area contributed by atoms with Crippen molar-refractivity contribution in [2.45, 2.75) is 20.4 Å². The maximum atomic E-state index is 11.6. The molecule has 0 atom stereocenters. The molecule has 1 rings (SSSR count). The first-order chi connectivity index (χ1) is 7.67. The molecule has 0 radical (unpaired) electrons. The molecule has 1 aromatic rings. The van der Waals surface area contributed by atoms with Crippen LogP contribution in [0.25, 0.3) is 0 Å². The van der Waals surface area contributed by atoms with E-state index in [4.69, 9.17) is 4.52 Å². The summed E-state index contributed by atoms with van der Waals surface area (Å²) in [6.07, 6.45) is 3.42. The number of aryl methyl sites for hydroxylation is 1. The largest absolute Gasteiger partial charge is 0.359 e. The Morgan fingerprint density at radius 3 is 2.94 bits per heavy atom. The second-order valence-electron chi connectivity index (χ2n) is 3.23. The van der Waals surface area contributed by atoms with Crippen LogP contribution in [-0.4, -0.2) is 23.8 Å². The Morgan fingerprint density at radius 2 is 2.44 bits per heavy atom. The van der Waals surface area contributed by atoms with Crippen LogP contribution in [0.2, 0.25) is 0 Å². The summed E-state index contributed by atoms with van der Waals surface area (Å²) in [5.41, 5.74) is 1.18. The topological polar surface area (TPSA) is 67.5 Å². The van der Waals surface area contributed by atoms with Crippen molar-refractivity contribution in [3.63, 3.8) is 0 Å². The van der Waals surface area contributed by atoms with E-state index < -0.39 is 0 Å². The van der Waals surface area contributed by atoms with Crippen LogP contribution in [0.1, 0.15) is 18.4 Å². The summed E-state index contributed by atoms with van der Waals surface area (Å²) in [5, 5.41) is 6.42. The average Bonchev–Trinajstić information content (AvgIpc) is 2.68. The highest BCUT2D eigenvalue weighted by atomic mass is 16.5. The summed E-state index contributed by atoms with van der Waals surface area (Å²) >= 11 is 0. The van der Waals surface area contributed by atoms with Gasteiger partial charge in [0.15, 0.2) is 5.76 Å². The van der Waals surface area contributed by atoms with Crippen molar-refractivity contribution in [2.24, 2.45) is 4.99 Å². The molecular formula is C11H15N3O2. The second kappa shape index (κ2) is 5.85. The number of carbonyl (C=O) groups excluding carboxylic acids is 1. The van der Waals surface area contributed by atoms with E-state index in [0.717, 1.165) is 5.69 Å². The molecular weight excluding hydrogens is 206 g/mol. The van der Waals surface area contributed by atoms with E-state index in [2.05, 4.69) is 15.5 Å². The number of rotatable bonds is 4. The van der Waals surface area contributed by atoms with E-state index in [9.17, 15) is 4.79 Å². The fourth-order valence-electron chi connectivity index (χ4n) is 1.17. The Labute approximate surface area is 94.2 Å². The van der Waals surface area contributed by atoms with Crippen molar-refractivity contribution >= 4 is 11.6 Å². The molecule has 5 nitrogen and oxygen atoms in total. The summed E-state index contributed by atoms with van der Waals surface area (Å²) in [4.78, 5) is 15.5. The van der Waals surface area contributed by atoms with Crippen LogP contribution in [-0.2, 0) is 11.3 Å². The zero-order valence-corrected chi connectivity index (χ0v) is 9.65. The van der Waals surface area contributed by atoms with Crippen LogP contribution in [0.3, 0.4) is 0 Å². The van der Waals surface area contributed by atoms with Crippen molar-refractivity contribution in [3.05, 3.63) is 29.7 Å². The lowest BCUT2D eigenvalue weighted by Crippen LogP contribution is -2.29. The molecule has 0 spiro atoms. The van der Waals surface area contributed by atoms with Gasteiger partial charge in [0, 0.05) is 13.1 Å². The van der Waals surface area contributed by atoms with E-state index in [1.54, 1.807) is 25.3 Å². The van der Waals surface area contributed by atoms with Crippen LogP contribution in [0.5, 0.6) is 0 Å². The van der Waals surface area contributed by atoms with Gasteiger partial charge in [-0.2, -0.15) is 0 Å². The molecule has 5 heteroatoms. The predicted octanol–water partition coefficient (Wildman–Crippen LogP) is 1.25. The number of hydrogen-bond acceptors (Lipinski definition) is 4. The Kier molecular flexibility index (Phi) is 4.44. The minimum absolute atomic E-state index is 0.227. The van der Waals surface area contributed by atoms with E-state index in [1.165, 1.54) is 0 Å². The number of carbonyl (C=O) groups is 1. The molecule has 16 heavy (non-hydrogen) atoms. The molecule has 0 bridgehead atoms. The SMILES string of the molecule is C/C=C\C(=NC)C(=O)NCc1cc(C)no1. The molecule has 0 aliphatic rings. The molecule has 1 amide bonds. The number of nitrogens with zero attached hydrogens (tertiary/aromatic N) is 2. The van der Waals surface area contributed by atoms with Crippen molar-refractivity contribution in [2.75, 3.05) is 7.05 Å². The minimum Gasteiger partial charge on any atom is -0.359 e. The monoisotopic (exact) mass is 221 g/mol. The van der Waals surface area contributed by atoms with Crippen molar-refractivity contribution in [1.29, 1.82) is 0 Å². The van der Waals surface area contributed by atoms with E-state index in [0.29, 0.717) is 18.0 Å². The van der Waals surface area contributed by atoms with Gasteiger partial charge in [-0.25, -0.2) is 0 Å². The zero-order chi connectivity index (χ0) is 12.0. The lowest BCUT2D eigenvalue weighted by molar-refractivity contribution is -0.115. The Morgan fingerprint density at radius 1 is 1.69 bits per heavy atom. The van der Waals surface area contributed by atoms with Gasteiger partial charge in [-0.05, 0) is 19.9 Å². The molecule has 0 fully saturated rings. The second-order valence-corrected chi connectivity index (χ2v) is 3.23. The number of amides is 1. The zero-order valence-electron chi connectivity index (χ0n) is 9.65. The molecule has 1 aromatic heterocycles. The number of allylic oxidation sites excluding steroid dienone is 1. The first kappa shape index (κ1) is 12.2. The van der Waals surface area contributed by atoms with E-state index in [-0.39, 0.29) is 5.91 Å². The first-order valence-electron chi connectivity index (χ1n) is 4.97. The molecule has 86 valence electrons. The van der Waals surface area contributed by atoms with Crippen molar-refractivity contribution < 1.29 is 9.32 Å². The highest BCUT2D eigenvalue weighted by Gasteiger charge is 2.08. The third kappa shape index (κ3) is 3.34. The quantitative estimate of drug-likeness (QED) is 0.778. The van der Waals surface area contributed by atoms with Crippen LogP contribution in [0.4, 0.5) is 0 Å². The van der Waals surface area contributed by atoms with Gasteiger partial charge in [0.2, 0.25) is 0 Å². The molecule has 1 heterocycles. The predicted molar refractivity (Wildman–Crippen MR) is 61.3 cm³/mol. The summed E-state index contributed by atoms with van der Waals surface area (Å²) in [6, 6.07) is 1.78. The van der Waals surface area contributed by atoms with Gasteiger partial charge >= 0.3 is 0 Å². The first-order valence-corrected chi connectivity index (χ1v) is 4.97. The molecule has 0 aromatic carbocycles. The smallest absolute Gasteiger partial charge is 0.269 e. The van der Waals surface area contributed by atoms with Gasteiger partial charge in [0.05, 0.1) is 12.2 Å². The summed E-state index contributed by atoms with van der Waals surface area (Å²) in [6.45, 7) is 3.97. The van der Waals surface area contributed by atoms with Crippen LogP contribution in [0, 0.1) is 6.92 Å². The highest BCUT2D eigenvalue weighted by molar-refractivity contribution is 6.43. The summed E-state index contributed by atoms with van der Waals surface area (Å²) in [7, 11) is 1.58. The minimum atomic E-state index is -0.227. The van der Waals surface area contributed by atoms with Gasteiger partial charge in [-0.1, -0.05) is 11.2 Å². The van der Waals surface area contributed by atoms with Gasteiger partial charge in [-0.15, -0.1) is 0 Å². The van der Waals surface area contributed by atoms with Crippen LogP contribution >= 0.6 is 0 Å². The van der Waals surface area contributed by atoms with Crippen molar-refractivity contribution in [3.8, 4) is 0 Å². The van der Waals surface area contributed by atoms with Crippen LogP contribution < -0.4 is 5.32 Å². The number of aromatic nitrogens is 1. The van der Waals surface area contributed by atoms with Gasteiger partial charge < -0.3 is 9.84 Å². The van der Waals surface area contributed by atoms with Gasteiger partial charge in [0.25, 0.3) is 5.91 Å². The summed E-state index contributed by atoms with van der Waals surface area (Å²) < 4.78 is 4.97. The van der Waals surface area contributed by atoms with Gasteiger partial charge in [-0.3, -0.25) is 9.79 Å². The fourth-order valence-corrected chi connectivity index (χ4v) is 1.17. The normalized spacial score (nSPS) is 12.1. The Balaban J connectivity index is 2.52. The lowest BCUT2D eigenvalue weighted by Gasteiger charge is -2.01. The lowest BCUT2D eigenvalue weighted by atomic mass is 10.3. The average molecular weight is 221 g/mol. The number of hydrogen-bond donors (Lipinski definition) is 1. The van der Waals surface area contributed by atoms with Gasteiger partial charge in [0.1, 0.15) is 5.71 Å². The molecule has 0 aliphatic heterocycles. The third-order valence-electron chi connectivity index (χ3n) is 1.90. The Bertz CT molecular complexity index is 419. The highest BCUT2D eigenvalue weighted by Crippen LogP contribution is 2.00. The molecule has 0 saturated heterocycles. The summed E-state index contributed by atoms with van der Waals surface area (Å²) in [5.74, 6) is 0.399. The standard InChI is InChI=1S/C11H15N3O2/c1-4-5-10(12-3)11(15)13-7-9-6-8(2)14-16-9/h4-6H,7H2,1-3H3,(H,13,15)/b5-4-,12-10?. The number of aliphatic imine (C=N–C) groups is 1. The Hall–Kier alpha value is -1.91. The van der Waals surface area contributed by atoms with E-state index in [1.807, 2.05) is 13.8 Å². The molecule has 0 saturated carbocycles. The fraction of sp³-hybridized carbons (Fsp3) is 0.364. The number of nitrogens with one attached hydrogen (secondary N) is 1. The maximum Gasteiger partial charge on any atom is 0.269 e. The third-order valence-corrected chi connectivity index (χ3v) is 1.90. The van der Waals surface area contributed by atoms with E-state index >= 15 is 0 Å².